The molecule has 0 unspecified atom stereocenters. The third-order valence-corrected chi connectivity index (χ3v) is 2.78. The average molecular weight is 238 g/mol. The molecule has 0 radical (unpaired) electrons. The van der Waals surface area contributed by atoms with Crippen molar-refractivity contribution in [3.8, 4) is 5.75 Å². The van der Waals surface area contributed by atoms with E-state index in [0.717, 1.165) is 5.75 Å². The monoisotopic (exact) mass is 238 g/mol. The molecule has 3 nitrogen and oxygen atoms in total. The molecule has 0 saturated carbocycles. The Balaban J connectivity index is 2.64. The fourth-order valence-electron chi connectivity index (χ4n) is 1.78. The van der Waals surface area contributed by atoms with E-state index in [1.54, 1.807) is 14.2 Å². The number of rotatable bonds is 6. The van der Waals surface area contributed by atoms with Crippen molar-refractivity contribution in [1.82, 2.24) is 0 Å². The molecule has 0 bridgehead atoms. The summed E-state index contributed by atoms with van der Waals surface area (Å²) in [5.74, 6) is 1.39. The SMILES string of the molecule is COC(COc1ccc(C(C)C)c(C)c1)OC. The summed E-state index contributed by atoms with van der Waals surface area (Å²) in [6.07, 6.45) is -0.319. The Hall–Kier alpha value is -1.06. The van der Waals surface area contributed by atoms with Gasteiger partial charge in [0.1, 0.15) is 12.4 Å². The van der Waals surface area contributed by atoms with Gasteiger partial charge in [-0.05, 0) is 36.1 Å². The van der Waals surface area contributed by atoms with Crippen LogP contribution in [0.4, 0.5) is 0 Å². The van der Waals surface area contributed by atoms with E-state index in [0.29, 0.717) is 12.5 Å². The lowest BCUT2D eigenvalue weighted by Gasteiger charge is -2.16. The van der Waals surface area contributed by atoms with Gasteiger partial charge >= 0.3 is 0 Å². The van der Waals surface area contributed by atoms with Crippen LogP contribution in [0.3, 0.4) is 0 Å². The van der Waals surface area contributed by atoms with E-state index in [1.165, 1.54) is 11.1 Å². The lowest BCUT2D eigenvalue weighted by molar-refractivity contribution is -0.121. The van der Waals surface area contributed by atoms with E-state index in [4.69, 9.17) is 14.2 Å². The Kier molecular flexibility index (Phi) is 5.45. The van der Waals surface area contributed by atoms with Crippen LogP contribution in [0.15, 0.2) is 18.2 Å². The maximum absolute atomic E-state index is 5.62. The quantitative estimate of drug-likeness (QED) is 0.713. The maximum Gasteiger partial charge on any atom is 0.191 e. The zero-order valence-electron chi connectivity index (χ0n) is 11.3. The summed E-state index contributed by atoms with van der Waals surface area (Å²) in [7, 11) is 3.20. The largest absolute Gasteiger partial charge is 0.488 e. The molecule has 0 N–H and O–H groups in total. The predicted molar refractivity (Wildman–Crippen MR) is 68.6 cm³/mol. The van der Waals surface area contributed by atoms with E-state index < -0.39 is 0 Å². The third-order valence-electron chi connectivity index (χ3n) is 2.78. The minimum Gasteiger partial charge on any atom is -0.488 e. The molecule has 0 saturated heterocycles. The summed E-state index contributed by atoms with van der Waals surface area (Å²) in [5.41, 5.74) is 2.61. The van der Waals surface area contributed by atoms with E-state index >= 15 is 0 Å². The van der Waals surface area contributed by atoms with Crippen LogP contribution < -0.4 is 4.74 Å². The smallest absolute Gasteiger partial charge is 0.191 e. The van der Waals surface area contributed by atoms with Crippen LogP contribution in [-0.2, 0) is 9.47 Å². The van der Waals surface area contributed by atoms with Crippen LogP contribution in [0.25, 0.3) is 0 Å². The Morgan fingerprint density at radius 3 is 2.24 bits per heavy atom. The van der Waals surface area contributed by atoms with Gasteiger partial charge in [-0.3, -0.25) is 0 Å². The van der Waals surface area contributed by atoms with Gasteiger partial charge in [-0.15, -0.1) is 0 Å². The van der Waals surface area contributed by atoms with Gasteiger partial charge in [0.15, 0.2) is 6.29 Å². The molecule has 17 heavy (non-hydrogen) atoms. The zero-order valence-corrected chi connectivity index (χ0v) is 11.3. The first kappa shape index (κ1) is 14.0. The summed E-state index contributed by atoms with van der Waals surface area (Å²) in [4.78, 5) is 0. The number of methoxy groups -OCH3 is 2. The molecule has 0 aliphatic carbocycles. The van der Waals surface area contributed by atoms with Gasteiger partial charge in [0, 0.05) is 14.2 Å². The van der Waals surface area contributed by atoms with Gasteiger partial charge in [0.25, 0.3) is 0 Å². The Morgan fingerprint density at radius 1 is 1.12 bits per heavy atom. The van der Waals surface area contributed by atoms with Crippen molar-refractivity contribution in [3.63, 3.8) is 0 Å². The molecule has 96 valence electrons. The molecule has 1 rings (SSSR count). The summed E-state index contributed by atoms with van der Waals surface area (Å²) in [6.45, 7) is 6.88. The second kappa shape index (κ2) is 6.62. The molecule has 0 aliphatic rings. The van der Waals surface area contributed by atoms with Gasteiger partial charge in [0.2, 0.25) is 0 Å². The van der Waals surface area contributed by atoms with Crippen LogP contribution >= 0.6 is 0 Å². The highest BCUT2D eigenvalue weighted by molar-refractivity contribution is 5.36. The highest BCUT2D eigenvalue weighted by Crippen LogP contribution is 2.23. The molecule has 0 heterocycles. The van der Waals surface area contributed by atoms with Crippen molar-refractivity contribution in [1.29, 1.82) is 0 Å². The van der Waals surface area contributed by atoms with Gasteiger partial charge in [-0.25, -0.2) is 0 Å². The first-order valence-electron chi connectivity index (χ1n) is 5.87. The van der Waals surface area contributed by atoms with E-state index in [-0.39, 0.29) is 6.29 Å². The summed E-state index contributed by atoms with van der Waals surface area (Å²) in [5, 5.41) is 0. The molecule has 0 atom stereocenters. The second-order valence-electron chi connectivity index (χ2n) is 4.39. The lowest BCUT2D eigenvalue weighted by atomic mass is 9.98. The summed E-state index contributed by atoms with van der Waals surface area (Å²) < 4.78 is 15.7. The topological polar surface area (TPSA) is 27.7 Å². The highest BCUT2D eigenvalue weighted by atomic mass is 16.7. The number of benzene rings is 1. The van der Waals surface area contributed by atoms with Crippen LogP contribution in [0.1, 0.15) is 30.9 Å². The maximum atomic E-state index is 5.62. The minimum atomic E-state index is -0.319. The molecule has 0 amide bonds. The number of ether oxygens (including phenoxy) is 3. The fraction of sp³-hybridized carbons (Fsp3) is 0.571. The molecular formula is C14H22O3. The standard InChI is InChI=1S/C14H22O3/c1-10(2)13-7-6-12(8-11(13)3)17-9-14(15-4)16-5/h6-8,10,14H,9H2,1-5H3. The van der Waals surface area contributed by atoms with Gasteiger partial charge < -0.3 is 14.2 Å². The van der Waals surface area contributed by atoms with E-state index in [9.17, 15) is 0 Å². The number of hydrogen-bond acceptors (Lipinski definition) is 3. The Labute approximate surface area is 104 Å². The molecule has 1 aromatic carbocycles. The fourth-order valence-corrected chi connectivity index (χ4v) is 1.78. The summed E-state index contributed by atoms with van der Waals surface area (Å²) >= 11 is 0. The van der Waals surface area contributed by atoms with Crippen molar-refractivity contribution >= 4 is 0 Å². The Morgan fingerprint density at radius 2 is 1.76 bits per heavy atom. The van der Waals surface area contributed by atoms with Crippen molar-refractivity contribution in [2.45, 2.75) is 33.0 Å². The number of aryl methyl sites for hydroxylation is 1. The first-order chi connectivity index (χ1) is 8.08. The van der Waals surface area contributed by atoms with Gasteiger partial charge in [-0.2, -0.15) is 0 Å². The van der Waals surface area contributed by atoms with E-state index in [1.807, 2.05) is 6.07 Å². The zero-order chi connectivity index (χ0) is 12.8. The summed E-state index contributed by atoms with van der Waals surface area (Å²) in [6, 6.07) is 6.16. The number of hydrogen-bond donors (Lipinski definition) is 0. The molecule has 0 aromatic heterocycles. The second-order valence-corrected chi connectivity index (χ2v) is 4.39. The van der Waals surface area contributed by atoms with Crippen molar-refractivity contribution in [3.05, 3.63) is 29.3 Å². The highest BCUT2D eigenvalue weighted by Gasteiger charge is 2.08. The third kappa shape index (κ3) is 4.02. The van der Waals surface area contributed by atoms with Crippen LogP contribution in [0.2, 0.25) is 0 Å². The van der Waals surface area contributed by atoms with Crippen LogP contribution in [0.5, 0.6) is 5.75 Å². The molecule has 0 fully saturated rings. The molecule has 1 aromatic rings. The van der Waals surface area contributed by atoms with Crippen molar-refractivity contribution < 1.29 is 14.2 Å². The first-order valence-corrected chi connectivity index (χ1v) is 5.87. The lowest BCUT2D eigenvalue weighted by Crippen LogP contribution is -2.22. The predicted octanol–water partition coefficient (Wildman–Crippen LogP) is 3.12. The van der Waals surface area contributed by atoms with Crippen LogP contribution in [0, 0.1) is 6.92 Å². The van der Waals surface area contributed by atoms with Gasteiger partial charge in [-0.1, -0.05) is 19.9 Å². The minimum absolute atomic E-state index is 0.319. The van der Waals surface area contributed by atoms with Gasteiger partial charge in [0.05, 0.1) is 0 Å². The van der Waals surface area contributed by atoms with Crippen LogP contribution in [-0.4, -0.2) is 27.1 Å². The van der Waals surface area contributed by atoms with E-state index in [2.05, 4.69) is 32.9 Å². The average Bonchev–Trinajstić information content (AvgIpc) is 2.30. The molecule has 0 aliphatic heterocycles. The molecular weight excluding hydrogens is 216 g/mol. The molecule has 3 heteroatoms. The van der Waals surface area contributed by atoms with Crippen molar-refractivity contribution in [2.24, 2.45) is 0 Å². The van der Waals surface area contributed by atoms with Crippen molar-refractivity contribution in [2.75, 3.05) is 20.8 Å². The normalized spacial score (nSPS) is 11.2. The Bertz CT molecular complexity index is 343. The molecule has 0 spiro atoms.